The zero-order valence-electron chi connectivity index (χ0n) is 15.2. The predicted octanol–water partition coefficient (Wildman–Crippen LogP) is 3.26. The Kier molecular flexibility index (Phi) is 6.38. The van der Waals surface area contributed by atoms with E-state index in [0.29, 0.717) is 0 Å². The van der Waals surface area contributed by atoms with Crippen LogP contribution in [-0.4, -0.2) is 34.5 Å². The lowest BCUT2D eigenvalue weighted by molar-refractivity contribution is -0.144. The lowest BCUT2D eigenvalue weighted by Crippen LogP contribution is -2.48. The first-order valence-electron chi connectivity index (χ1n) is 7.68. The summed E-state index contributed by atoms with van der Waals surface area (Å²) in [5, 5.41) is 0.00750. The Morgan fingerprint density at radius 2 is 1.65 bits per heavy atom. The largest absolute Gasteiger partial charge is 0.497 e. The third kappa shape index (κ3) is 4.80. The zero-order valence-corrected chi connectivity index (χ0v) is 16.2. The SMILES string of the molecule is COC(=O)[C@@H](N)[C@H](O[Si](C)(C)C(C)(C)C)c1ccc(OC)cc1. The van der Waals surface area contributed by atoms with Crippen LogP contribution in [0.2, 0.25) is 18.1 Å². The van der Waals surface area contributed by atoms with Crippen molar-refractivity contribution in [3.63, 3.8) is 0 Å². The quantitative estimate of drug-likeness (QED) is 0.636. The molecule has 0 fully saturated rings. The second-order valence-corrected chi connectivity index (χ2v) is 11.9. The summed E-state index contributed by atoms with van der Waals surface area (Å²) in [6, 6.07) is 6.55. The molecule has 0 aromatic heterocycles. The molecule has 1 aromatic carbocycles. The van der Waals surface area contributed by atoms with Crippen molar-refractivity contribution < 1.29 is 18.7 Å². The monoisotopic (exact) mass is 339 g/mol. The highest BCUT2D eigenvalue weighted by molar-refractivity contribution is 6.74. The summed E-state index contributed by atoms with van der Waals surface area (Å²) in [7, 11) is 0.830. The minimum absolute atomic E-state index is 0.00750. The second kappa shape index (κ2) is 7.46. The standard InChI is InChI=1S/C17H29NO4Si/c1-17(2,3)23(6,7)22-15(14(18)16(19)21-5)12-8-10-13(20-4)11-9-12/h8-11,14-15H,18H2,1-7H3/t14-,15+/m0/s1. The molecule has 0 radical (unpaired) electrons. The van der Waals surface area contributed by atoms with E-state index >= 15 is 0 Å². The number of esters is 1. The average molecular weight is 340 g/mol. The van der Waals surface area contributed by atoms with E-state index in [9.17, 15) is 4.79 Å². The van der Waals surface area contributed by atoms with Gasteiger partial charge in [-0.2, -0.15) is 0 Å². The van der Waals surface area contributed by atoms with Gasteiger partial charge in [0.05, 0.1) is 20.3 Å². The number of hydrogen-bond donors (Lipinski definition) is 1. The molecule has 0 unspecified atom stereocenters. The van der Waals surface area contributed by atoms with E-state index in [0.717, 1.165) is 11.3 Å². The van der Waals surface area contributed by atoms with Crippen LogP contribution in [0.15, 0.2) is 24.3 Å². The molecule has 0 bridgehead atoms. The molecule has 0 heterocycles. The van der Waals surface area contributed by atoms with Crippen LogP contribution in [0.1, 0.15) is 32.4 Å². The molecule has 5 nitrogen and oxygen atoms in total. The van der Waals surface area contributed by atoms with Crippen molar-refractivity contribution in [1.82, 2.24) is 0 Å². The molecular formula is C17H29NO4Si. The average Bonchev–Trinajstić information content (AvgIpc) is 2.50. The van der Waals surface area contributed by atoms with Gasteiger partial charge in [0.1, 0.15) is 11.8 Å². The van der Waals surface area contributed by atoms with Gasteiger partial charge in [0.2, 0.25) is 0 Å². The minimum Gasteiger partial charge on any atom is -0.497 e. The van der Waals surface area contributed by atoms with E-state index in [1.165, 1.54) is 7.11 Å². The Labute approximate surface area is 140 Å². The van der Waals surface area contributed by atoms with Gasteiger partial charge in [0.25, 0.3) is 0 Å². The molecule has 0 saturated carbocycles. The molecule has 6 heteroatoms. The smallest absolute Gasteiger partial charge is 0.325 e. The number of carbonyl (C=O) groups is 1. The van der Waals surface area contributed by atoms with Crippen LogP contribution < -0.4 is 10.5 Å². The normalized spacial score (nSPS) is 15.0. The maximum Gasteiger partial charge on any atom is 0.325 e. The molecule has 1 rings (SSSR count). The van der Waals surface area contributed by atoms with Gasteiger partial charge >= 0.3 is 5.97 Å². The van der Waals surface area contributed by atoms with Crippen LogP contribution in [0, 0.1) is 0 Å². The van der Waals surface area contributed by atoms with Crippen molar-refractivity contribution in [3.05, 3.63) is 29.8 Å². The topological polar surface area (TPSA) is 70.8 Å². The Morgan fingerprint density at radius 3 is 2.04 bits per heavy atom. The Bertz CT molecular complexity index is 522. The van der Waals surface area contributed by atoms with Gasteiger partial charge < -0.3 is 19.6 Å². The molecule has 130 valence electrons. The maximum atomic E-state index is 11.9. The molecule has 2 atom stereocenters. The summed E-state index contributed by atoms with van der Waals surface area (Å²) >= 11 is 0. The molecule has 0 amide bonds. The van der Waals surface area contributed by atoms with Gasteiger partial charge in [0.15, 0.2) is 8.32 Å². The third-order valence-corrected chi connectivity index (χ3v) is 8.93. The van der Waals surface area contributed by atoms with E-state index in [1.54, 1.807) is 7.11 Å². The molecule has 0 saturated heterocycles. The Hall–Kier alpha value is -1.37. The van der Waals surface area contributed by atoms with Crippen LogP contribution in [0.4, 0.5) is 0 Å². The highest BCUT2D eigenvalue weighted by Gasteiger charge is 2.42. The molecule has 1 aromatic rings. The van der Waals surface area contributed by atoms with E-state index < -0.39 is 26.4 Å². The minimum atomic E-state index is -2.11. The van der Waals surface area contributed by atoms with Gasteiger partial charge in [-0.3, -0.25) is 4.79 Å². The van der Waals surface area contributed by atoms with Gasteiger partial charge in [-0.05, 0) is 35.8 Å². The molecular weight excluding hydrogens is 310 g/mol. The van der Waals surface area contributed by atoms with Crippen LogP contribution >= 0.6 is 0 Å². The fourth-order valence-electron chi connectivity index (χ4n) is 1.90. The number of methoxy groups -OCH3 is 2. The third-order valence-electron chi connectivity index (χ3n) is 4.47. The fraction of sp³-hybridized carbons (Fsp3) is 0.588. The van der Waals surface area contributed by atoms with Crippen molar-refractivity contribution >= 4 is 14.3 Å². The van der Waals surface area contributed by atoms with Gasteiger partial charge in [-0.1, -0.05) is 32.9 Å². The lowest BCUT2D eigenvalue weighted by Gasteiger charge is -2.40. The first-order valence-corrected chi connectivity index (χ1v) is 10.6. The predicted molar refractivity (Wildman–Crippen MR) is 94.0 cm³/mol. The van der Waals surface area contributed by atoms with Crippen molar-refractivity contribution in [3.8, 4) is 5.75 Å². The van der Waals surface area contributed by atoms with Crippen LogP contribution in [-0.2, 0) is 14.0 Å². The van der Waals surface area contributed by atoms with Crippen LogP contribution in [0.25, 0.3) is 0 Å². The number of carbonyl (C=O) groups excluding carboxylic acids is 1. The highest BCUT2D eigenvalue weighted by atomic mass is 28.4. The van der Waals surface area contributed by atoms with Crippen LogP contribution in [0.5, 0.6) is 5.75 Å². The van der Waals surface area contributed by atoms with Crippen molar-refractivity contribution in [2.24, 2.45) is 5.73 Å². The van der Waals surface area contributed by atoms with Crippen molar-refractivity contribution in [2.45, 2.75) is 51.0 Å². The van der Waals surface area contributed by atoms with E-state index in [2.05, 4.69) is 33.9 Å². The molecule has 0 aliphatic rings. The Morgan fingerprint density at radius 1 is 1.13 bits per heavy atom. The van der Waals surface area contributed by atoms with E-state index in [1.807, 2.05) is 24.3 Å². The first kappa shape index (κ1) is 19.7. The summed E-state index contributed by atoms with van der Waals surface area (Å²) in [5.41, 5.74) is 6.96. The number of nitrogens with two attached hydrogens (primary N) is 1. The van der Waals surface area contributed by atoms with Gasteiger partial charge in [0, 0.05) is 0 Å². The van der Waals surface area contributed by atoms with E-state index in [4.69, 9.17) is 19.6 Å². The second-order valence-electron chi connectivity index (χ2n) is 7.12. The van der Waals surface area contributed by atoms with Gasteiger partial charge in [-0.15, -0.1) is 0 Å². The number of benzene rings is 1. The van der Waals surface area contributed by atoms with Gasteiger partial charge in [-0.25, -0.2) is 0 Å². The van der Waals surface area contributed by atoms with Crippen molar-refractivity contribution in [1.29, 1.82) is 0 Å². The number of ether oxygens (including phenoxy) is 2. The summed E-state index contributed by atoms with van der Waals surface area (Å²) in [4.78, 5) is 11.9. The van der Waals surface area contributed by atoms with Crippen molar-refractivity contribution in [2.75, 3.05) is 14.2 Å². The summed E-state index contributed by atoms with van der Waals surface area (Å²) in [6.45, 7) is 10.7. The highest BCUT2D eigenvalue weighted by Crippen LogP contribution is 2.40. The molecule has 0 aliphatic carbocycles. The summed E-state index contributed by atoms with van der Waals surface area (Å²) in [6.07, 6.45) is -0.547. The fourth-order valence-corrected chi connectivity index (χ4v) is 3.17. The summed E-state index contributed by atoms with van der Waals surface area (Å²) < 4.78 is 16.4. The molecule has 2 N–H and O–H groups in total. The first-order chi connectivity index (χ1) is 10.5. The lowest BCUT2D eigenvalue weighted by atomic mass is 10.0. The van der Waals surface area contributed by atoms with Crippen LogP contribution in [0.3, 0.4) is 0 Å². The summed E-state index contributed by atoms with van der Waals surface area (Å²) in [5.74, 6) is 0.260. The molecule has 0 spiro atoms. The number of rotatable bonds is 6. The molecule has 23 heavy (non-hydrogen) atoms. The zero-order chi connectivity index (χ0) is 17.8. The van der Waals surface area contributed by atoms with E-state index in [-0.39, 0.29) is 5.04 Å². The Balaban J connectivity index is 3.18. The molecule has 0 aliphatic heterocycles. The number of hydrogen-bond acceptors (Lipinski definition) is 5. The maximum absolute atomic E-state index is 11.9.